The van der Waals surface area contributed by atoms with Crippen LogP contribution in [0.3, 0.4) is 0 Å². The molecule has 0 saturated heterocycles. The molecule has 0 amide bonds. The number of carboxylic acids is 1. The zero-order chi connectivity index (χ0) is 19.5. The third-order valence-electron chi connectivity index (χ3n) is 5.56. The van der Waals surface area contributed by atoms with E-state index in [2.05, 4.69) is 6.92 Å². The van der Waals surface area contributed by atoms with Gasteiger partial charge in [-0.05, 0) is 50.4 Å². The van der Waals surface area contributed by atoms with Gasteiger partial charge >= 0.3 is 5.97 Å². The first kappa shape index (κ1) is 23.1. The number of Topliss-reactive ketones (excluding diaryl/α,β-unsaturated/α-hetero) is 1. The zero-order valence-electron chi connectivity index (χ0n) is 16.0. The number of unbranched alkanes of at least 4 members (excludes halogenated alkanes) is 3. The van der Waals surface area contributed by atoms with Crippen LogP contribution >= 0.6 is 0 Å². The first-order valence-corrected chi connectivity index (χ1v) is 10.1. The summed E-state index contributed by atoms with van der Waals surface area (Å²) in [4.78, 5) is 22.7. The topological polar surface area (TPSA) is 115 Å². The highest BCUT2D eigenvalue weighted by Gasteiger charge is 2.42. The minimum absolute atomic E-state index is 0.0158. The summed E-state index contributed by atoms with van der Waals surface area (Å²) in [6.07, 6.45) is 5.36. The maximum absolute atomic E-state index is 12.2. The number of hydrogen-bond donors (Lipinski definition) is 4. The van der Waals surface area contributed by atoms with Crippen molar-refractivity contribution in [3.05, 3.63) is 0 Å². The number of aliphatic carboxylic acids is 1. The molecule has 6 nitrogen and oxygen atoms in total. The van der Waals surface area contributed by atoms with Crippen LogP contribution in [0.15, 0.2) is 0 Å². The van der Waals surface area contributed by atoms with Crippen molar-refractivity contribution in [3.63, 3.8) is 0 Å². The van der Waals surface area contributed by atoms with Crippen molar-refractivity contribution in [2.75, 3.05) is 0 Å². The van der Waals surface area contributed by atoms with E-state index < -0.39 is 18.2 Å². The molecule has 1 aliphatic rings. The highest BCUT2D eigenvalue weighted by atomic mass is 16.4. The molecule has 1 fully saturated rings. The number of carbonyl (C=O) groups excluding carboxylic acids is 1. The number of carboxylic acid groups (broad SMARTS) is 1. The van der Waals surface area contributed by atoms with E-state index in [0.717, 1.165) is 25.7 Å². The molecule has 0 bridgehead atoms. The van der Waals surface area contributed by atoms with E-state index >= 15 is 0 Å². The molecule has 0 aromatic carbocycles. The van der Waals surface area contributed by atoms with Crippen molar-refractivity contribution in [1.82, 2.24) is 0 Å². The molecule has 5 atom stereocenters. The fourth-order valence-corrected chi connectivity index (χ4v) is 3.98. The van der Waals surface area contributed by atoms with Crippen molar-refractivity contribution in [3.8, 4) is 0 Å². The molecule has 0 aromatic rings. The average molecular weight is 373 g/mol. The Labute approximate surface area is 156 Å². The Morgan fingerprint density at radius 2 is 1.62 bits per heavy atom. The van der Waals surface area contributed by atoms with E-state index in [9.17, 15) is 24.9 Å². The Morgan fingerprint density at radius 3 is 2.27 bits per heavy atom. The van der Waals surface area contributed by atoms with Crippen LogP contribution in [0, 0.1) is 11.8 Å². The van der Waals surface area contributed by atoms with Crippen LogP contribution in [0.5, 0.6) is 0 Å². The van der Waals surface area contributed by atoms with Crippen LogP contribution in [0.25, 0.3) is 0 Å². The first-order chi connectivity index (χ1) is 12.3. The quantitative estimate of drug-likeness (QED) is 0.349. The van der Waals surface area contributed by atoms with Gasteiger partial charge in [0.05, 0.1) is 18.3 Å². The van der Waals surface area contributed by atoms with Crippen molar-refractivity contribution in [2.24, 2.45) is 11.8 Å². The molecule has 0 aromatic heterocycles. The van der Waals surface area contributed by atoms with Gasteiger partial charge in [-0.3, -0.25) is 9.59 Å². The molecule has 1 aliphatic carbocycles. The summed E-state index contributed by atoms with van der Waals surface area (Å²) in [6, 6.07) is 0. The van der Waals surface area contributed by atoms with Crippen LogP contribution in [0.2, 0.25) is 0 Å². The van der Waals surface area contributed by atoms with Crippen LogP contribution in [0.4, 0.5) is 0 Å². The molecule has 0 spiro atoms. The summed E-state index contributed by atoms with van der Waals surface area (Å²) in [5.41, 5.74) is 0. The molecule has 0 aliphatic heterocycles. The summed E-state index contributed by atoms with van der Waals surface area (Å²) in [5.74, 6) is -1.26. The maximum Gasteiger partial charge on any atom is 0.303 e. The fourth-order valence-electron chi connectivity index (χ4n) is 3.98. The zero-order valence-corrected chi connectivity index (χ0v) is 16.0. The van der Waals surface area contributed by atoms with E-state index in [4.69, 9.17) is 5.11 Å². The summed E-state index contributed by atoms with van der Waals surface area (Å²) in [6.45, 7) is 2.12. The van der Waals surface area contributed by atoms with Crippen molar-refractivity contribution >= 4 is 11.8 Å². The minimum atomic E-state index is -0.857. The van der Waals surface area contributed by atoms with Gasteiger partial charge in [-0.15, -0.1) is 0 Å². The van der Waals surface area contributed by atoms with E-state index in [0.29, 0.717) is 32.1 Å². The molecule has 0 unspecified atom stereocenters. The smallest absolute Gasteiger partial charge is 0.303 e. The van der Waals surface area contributed by atoms with Gasteiger partial charge in [0, 0.05) is 19.3 Å². The second-order valence-corrected chi connectivity index (χ2v) is 7.77. The van der Waals surface area contributed by atoms with Gasteiger partial charge < -0.3 is 20.4 Å². The van der Waals surface area contributed by atoms with Crippen LogP contribution < -0.4 is 0 Å². The standard InChI is InChI=1S/C20H36O6/c1-2-3-4-7-14(21)10-11-16-17(19(24)13-18(16)23)12-15(22)8-5-6-9-20(25)26/h14,16-19,21,23-24H,2-13H2,1H3,(H,25,26)/t14-,16+,17+,18+,19+/m0/s1. The molecule has 26 heavy (non-hydrogen) atoms. The highest BCUT2D eigenvalue weighted by Crippen LogP contribution is 2.38. The second kappa shape index (κ2) is 12.4. The number of aliphatic hydroxyl groups is 3. The number of aliphatic hydroxyl groups excluding tert-OH is 3. The van der Waals surface area contributed by atoms with E-state index in [1.54, 1.807) is 0 Å². The van der Waals surface area contributed by atoms with Gasteiger partial charge in [0.25, 0.3) is 0 Å². The Kier molecular flexibility index (Phi) is 11.0. The van der Waals surface area contributed by atoms with E-state index in [1.165, 1.54) is 0 Å². The van der Waals surface area contributed by atoms with Crippen LogP contribution in [-0.4, -0.2) is 50.5 Å². The normalized spacial score (nSPS) is 26.8. The van der Waals surface area contributed by atoms with Crippen LogP contribution in [0.1, 0.15) is 84.0 Å². The van der Waals surface area contributed by atoms with E-state index in [-0.39, 0.29) is 43.0 Å². The lowest BCUT2D eigenvalue weighted by Gasteiger charge is -2.24. The van der Waals surface area contributed by atoms with Crippen molar-refractivity contribution < 1.29 is 30.0 Å². The summed E-state index contributed by atoms with van der Waals surface area (Å²) in [7, 11) is 0. The average Bonchev–Trinajstić information content (AvgIpc) is 2.83. The monoisotopic (exact) mass is 372 g/mol. The first-order valence-electron chi connectivity index (χ1n) is 10.1. The predicted molar refractivity (Wildman–Crippen MR) is 98.7 cm³/mol. The number of carbonyl (C=O) groups is 2. The van der Waals surface area contributed by atoms with Crippen molar-refractivity contribution in [2.45, 2.75) is 102 Å². The lowest BCUT2D eigenvalue weighted by atomic mass is 9.84. The van der Waals surface area contributed by atoms with Crippen LogP contribution in [-0.2, 0) is 9.59 Å². The molecular weight excluding hydrogens is 336 g/mol. The highest BCUT2D eigenvalue weighted by molar-refractivity contribution is 5.78. The summed E-state index contributed by atoms with van der Waals surface area (Å²) >= 11 is 0. The SMILES string of the molecule is CCCCC[C@H](O)CC[C@@H]1[C@@H](CC(=O)CCCCC(=O)O)[C@H](O)C[C@H]1O. The van der Waals surface area contributed by atoms with Gasteiger partial charge in [-0.25, -0.2) is 0 Å². The molecule has 0 radical (unpaired) electrons. The number of ketones is 1. The molecule has 4 N–H and O–H groups in total. The lowest BCUT2D eigenvalue weighted by molar-refractivity contribution is -0.137. The number of rotatable bonds is 14. The van der Waals surface area contributed by atoms with Gasteiger partial charge in [0.2, 0.25) is 0 Å². The Hall–Kier alpha value is -0.980. The third kappa shape index (κ3) is 8.60. The molecule has 6 heteroatoms. The minimum Gasteiger partial charge on any atom is -0.481 e. The summed E-state index contributed by atoms with van der Waals surface area (Å²) in [5, 5.41) is 39.1. The molecule has 1 saturated carbocycles. The summed E-state index contributed by atoms with van der Waals surface area (Å²) < 4.78 is 0. The lowest BCUT2D eigenvalue weighted by Crippen LogP contribution is -2.26. The molecule has 0 heterocycles. The fraction of sp³-hybridized carbons (Fsp3) is 0.900. The van der Waals surface area contributed by atoms with Gasteiger partial charge in [0.1, 0.15) is 5.78 Å². The Bertz CT molecular complexity index is 425. The molecule has 1 rings (SSSR count). The Balaban J connectivity index is 2.40. The van der Waals surface area contributed by atoms with Crippen molar-refractivity contribution in [1.29, 1.82) is 0 Å². The largest absolute Gasteiger partial charge is 0.481 e. The van der Waals surface area contributed by atoms with Gasteiger partial charge in [-0.1, -0.05) is 26.2 Å². The van der Waals surface area contributed by atoms with Gasteiger partial charge in [-0.2, -0.15) is 0 Å². The molecular formula is C20H36O6. The number of hydrogen-bond acceptors (Lipinski definition) is 5. The third-order valence-corrected chi connectivity index (χ3v) is 5.56. The van der Waals surface area contributed by atoms with Gasteiger partial charge in [0.15, 0.2) is 0 Å². The van der Waals surface area contributed by atoms with E-state index in [1.807, 2.05) is 0 Å². The maximum atomic E-state index is 12.2. The predicted octanol–water partition coefficient (Wildman–Crippen LogP) is 2.67. The molecule has 152 valence electrons. The second-order valence-electron chi connectivity index (χ2n) is 7.77. The Morgan fingerprint density at radius 1 is 0.962 bits per heavy atom.